The quantitative estimate of drug-likeness (QED) is 0.482. The van der Waals surface area contributed by atoms with Gasteiger partial charge < -0.3 is 24.6 Å². The van der Waals surface area contributed by atoms with E-state index in [1.807, 2.05) is 19.1 Å². The third-order valence-corrected chi connectivity index (χ3v) is 7.05. The topological polar surface area (TPSA) is 94.3 Å². The number of halogens is 2. The van der Waals surface area contributed by atoms with Crippen LogP contribution in [0.3, 0.4) is 0 Å². The zero-order valence-corrected chi connectivity index (χ0v) is 20.2. The van der Waals surface area contributed by atoms with Crippen molar-refractivity contribution in [1.82, 2.24) is 14.7 Å². The van der Waals surface area contributed by atoms with E-state index in [2.05, 4.69) is 10.3 Å². The molecule has 3 heterocycles. The Hall–Kier alpha value is -3.24. The van der Waals surface area contributed by atoms with Crippen LogP contribution in [0, 0.1) is 5.92 Å². The molecule has 1 aliphatic heterocycles. The number of amides is 1. The zero-order chi connectivity index (χ0) is 25.4. The van der Waals surface area contributed by atoms with E-state index in [1.54, 1.807) is 22.9 Å². The van der Waals surface area contributed by atoms with E-state index in [1.165, 1.54) is 13.2 Å². The van der Waals surface area contributed by atoms with Crippen LogP contribution in [0.25, 0.3) is 16.9 Å². The van der Waals surface area contributed by atoms with E-state index in [0.29, 0.717) is 30.1 Å². The molecule has 5 rings (SSSR count). The molecule has 8 nitrogen and oxygen atoms in total. The van der Waals surface area contributed by atoms with Crippen molar-refractivity contribution in [2.75, 3.05) is 20.3 Å². The molecular formula is C26H29F2N3O5. The molecule has 1 saturated carbocycles. The number of aliphatic hydroxyl groups is 1. The number of hydrogen-bond donors (Lipinski definition) is 2. The molecule has 1 aliphatic carbocycles. The number of imidazole rings is 1. The molecule has 1 aromatic carbocycles. The molecule has 2 fully saturated rings. The van der Waals surface area contributed by atoms with Gasteiger partial charge in [0.25, 0.3) is 5.91 Å². The number of carbonyl (C=O) groups is 1. The summed E-state index contributed by atoms with van der Waals surface area (Å²) in [5.74, 6) is -0.604. The van der Waals surface area contributed by atoms with E-state index in [0.717, 1.165) is 31.2 Å². The van der Waals surface area contributed by atoms with Crippen molar-refractivity contribution < 1.29 is 32.9 Å². The first kappa shape index (κ1) is 24.5. The van der Waals surface area contributed by atoms with Gasteiger partial charge in [-0.25, -0.2) is 4.98 Å². The van der Waals surface area contributed by atoms with Gasteiger partial charge in [0.15, 0.2) is 0 Å². The maximum absolute atomic E-state index is 13.3. The molecule has 1 amide bonds. The first-order chi connectivity index (χ1) is 17.3. The number of fused-ring (bicyclic) bond motifs is 1. The molecule has 1 atom stereocenters. The lowest BCUT2D eigenvalue weighted by atomic mass is 9.79. The zero-order valence-electron chi connectivity index (χ0n) is 20.2. The second-order valence-corrected chi connectivity index (χ2v) is 9.50. The molecule has 1 unspecified atom stereocenters. The van der Waals surface area contributed by atoms with Crippen molar-refractivity contribution in [3.8, 4) is 22.8 Å². The highest BCUT2D eigenvalue weighted by atomic mass is 19.3. The highest BCUT2D eigenvalue weighted by molar-refractivity contribution is 6.01. The summed E-state index contributed by atoms with van der Waals surface area (Å²) in [6.45, 7) is -0.0654. The second-order valence-electron chi connectivity index (χ2n) is 9.50. The van der Waals surface area contributed by atoms with Gasteiger partial charge in [0.05, 0.1) is 24.6 Å². The fourth-order valence-electron chi connectivity index (χ4n) is 4.80. The lowest BCUT2D eigenvalue weighted by molar-refractivity contribution is -0.0579. The number of benzene rings is 1. The van der Waals surface area contributed by atoms with Crippen LogP contribution in [0.2, 0.25) is 0 Å². The number of alkyl halides is 2. The predicted molar refractivity (Wildman–Crippen MR) is 127 cm³/mol. The van der Waals surface area contributed by atoms with E-state index in [9.17, 15) is 18.7 Å². The van der Waals surface area contributed by atoms with Crippen molar-refractivity contribution in [1.29, 1.82) is 0 Å². The molecule has 10 heteroatoms. The van der Waals surface area contributed by atoms with Crippen molar-refractivity contribution in [3.63, 3.8) is 0 Å². The van der Waals surface area contributed by atoms with Gasteiger partial charge >= 0.3 is 6.61 Å². The van der Waals surface area contributed by atoms with Crippen LogP contribution >= 0.6 is 0 Å². The fourth-order valence-corrected chi connectivity index (χ4v) is 4.80. The van der Waals surface area contributed by atoms with Gasteiger partial charge in [0, 0.05) is 31.0 Å². The predicted octanol–water partition coefficient (Wildman–Crippen LogP) is 4.14. The van der Waals surface area contributed by atoms with Crippen LogP contribution in [-0.2, 0) is 10.3 Å². The normalized spacial score (nSPS) is 18.3. The number of rotatable bonds is 8. The highest BCUT2D eigenvalue weighted by Crippen LogP contribution is 2.39. The maximum Gasteiger partial charge on any atom is 0.387 e. The van der Waals surface area contributed by atoms with Crippen molar-refractivity contribution in [2.45, 2.75) is 50.9 Å². The third kappa shape index (κ3) is 4.75. The Kier molecular flexibility index (Phi) is 6.57. The number of nitrogens with one attached hydrogen (secondary N) is 1. The first-order valence-electron chi connectivity index (χ1n) is 12.0. The van der Waals surface area contributed by atoms with Crippen molar-refractivity contribution >= 4 is 11.6 Å². The van der Waals surface area contributed by atoms with Crippen LogP contribution in [0.1, 0.15) is 48.5 Å². The number of pyridine rings is 1. The summed E-state index contributed by atoms with van der Waals surface area (Å²) in [7, 11) is 1.37. The van der Waals surface area contributed by atoms with Crippen LogP contribution in [0.5, 0.6) is 11.5 Å². The molecule has 0 bridgehead atoms. The average Bonchev–Trinajstić information content (AvgIpc) is 3.58. The van der Waals surface area contributed by atoms with E-state index in [4.69, 9.17) is 14.2 Å². The Balaban J connectivity index is 1.53. The number of carbonyl (C=O) groups excluding carboxylic acids is 1. The summed E-state index contributed by atoms with van der Waals surface area (Å²) in [4.78, 5) is 17.3. The Bertz CT molecular complexity index is 1270. The summed E-state index contributed by atoms with van der Waals surface area (Å²) in [5.41, 5.74) is 1.29. The summed E-state index contributed by atoms with van der Waals surface area (Å²) in [6.07, 6.45) is 6.63. The number of ether oxygens (including phenoxy) is 3. The van der Waals surface area contributed by atoms with Crippen LogP contribution < -0.4 is 14.8 Å². The summed E-state index contributed by atoms with van der Waals surface area (Å²) in [6, 6.07) is 6.69. The van der Waals surface area contributed by atoms with Gasteiger partial charge in [-0.05, 0) is 68.4 Å². The van der Waals surface area contributed by atoms with Gasteiger partial charge in [0.1, 0.15) is 22.7 Å². The molecule has 2 aromatic heterocycles. The minimum atomic E-state index is -3.12. The highest BCUT2D eigenvalue weighted by Gasteiger charge is 2.35. The molecule has 2 aliphatic rings. The van der Waals surface area contributed by atoms with Crippen LogP contribution in [0.4, 0.5) is 8.78 Å². The molecule has 2 N–H and O–H groups in total. The molecule has 1 saturated heterocycles. The van der Waals surface area contributed by atoms with Crippen LogP contribution in [0.15, 0.2) is 36.7 Å². The van der Waals surface area contributed by atoms with Gasteiger partial charge in [-0.15, -0.1) is 0 Å². The fraction of sp³-hybridized carbons (Fsp3) is 0.462. The Morgan fingerprint density at radius 2 is 1.94 bits per heavy atom. The number of methoxy groups -OCH3 is 1. The lowest BCUT2D eigenvalue weighted by Gasteiger charge is -2.36. The number of nitrogens with zero attached hydrogens (tertiary/aromatic N) is 2. The van der Waals surface area contributed by atoms with E-state index < -0.39 is 18.1 Å². The maximum atomic E-state index is 13.3. The van der Waals surface area contributed by atoms with Gasteiger partial charge in [-0.2, -0.15) is 8.78 Å². The molecule has 3 aromatic rings. The monoisotopic (exact) mass is 501 g/mol. The molecular weight excluding hydrogens is 472 g/mol. The van der Waals surface area contributed by atoms with Gasteiger partial charge in [-0.3, -0.25) is 9.20 Å². The molecule has 192 valence electrons. The van der Waals surface area contributed by atoms with Crippen molar-refractivity contribution in [3.05, 3.63) is 47.8 Å². The number of hydrogen-bond acceptors (Lipinski definition) is 6. The minimum absolute atomic E-state index is 0.0348. The Morgan fingerprint density at radius 3 is 2.61 bits per heavy atom. The number of aromatic nitrogens is 2. The lowest BCUT2D eigenvalue weighted by Crippen LogP contribution is -2.36. The van der Waals surface area contributed by atoms with Crippen molar-refractivity contribution in [2.24, 2.45) is 5.92 Å². The Morgan fingerprint density at radius 1 is 1.22 bits per heavy atom. The molecule has 0 radical (unpaired) electrons. The van der Waals surface area contributed by atoms with Crippen LogP contribution in [-0.4, -0.2) is 53.4 Å². The smallest absolute Gasteiger partial charge is 0.387 e. The summed E-state index contributed by atoms with van der Waals surface area (Å²) in [5, 5.41) is 14.1. The molecule has 36 heavy (non-hydrogen) atoms. The SMILES string of the molecule is COc1cc(-c2cnc3cc(C(C)(O)C4CCOCC4)ccn23)cc(OC(F)F)c1C(=O)NC1CC1. The average molecular weight is 502 g/mol. The minimum Gasteiger partial charge on any atom is -0.496 e. The largest absolute Gasteiger partial charge is 0.496 e. The molecule has 0 spiro atoms. The third-order valence-electron chi connectivity index (χ3n) is 7.05. The van der Waals surface area contributed by atoms with E-state index in [-0.39, 0.29) is 29.0 Å². The summed E-state index contributed by atoms with van der Waals surface area (Å²) >= 11 is 0. The Labute approximate surface area is 207 Å². The standard InChI is InChI=1S/C26H29F2N3O5/c1-26(33,16-6-9-35-10-7-16)17-5-8-31-19(14-29-22(31)13-17)15-11-20(34-2)23(21(12-15)36-25(27)28)24(32)30-18-3-4-18/h5,8,11-14,16,18,25,33H,3-4,6-7,9-10H2,1-2H3,(H,30,32). The first-order valence-corrected chi connectivity index (χ1v) is 12.0. The summed E-state index contributed by atoms with van der Waals surface area (Å²) < 4.78 is 43.9. The van der Waals surface area contributed by atoms with Gasteiger partial charge in [-0.1, -0.05) is 0 Å². The van der Waals surface area contributed by atoms with Gasteiger partial charge in [0.2, 0.25) is 0 Å². The van der Waals surface area contributed by atoms with E-state index >= 15 is 0 Å². The second kappa shape index (κ2) is 9.67.